The number of halogens is 1. The number of hydrogen-bond acceptors (Lipinski definition) is 3. The summed E-state index contributed by atoms with van der Waals surface area (Å²) in [7, 11) is 0. The highest BCUT2D eigenvalue weighted by Crippen LogP contribution is 2.45. The molecule has 27 heavy (non-hydrogen) atoms. The molecule has 0 spiro atoms. The number of likely N-dealkylation sites (tertiary alicyclic amines) is 1. The second-order valence-electron chi connectivity index (χ2n) is 8.10. The molecule has 2 amide bonds. The van der Waals surface area contributed by atoms with E-state index in [1.54, 1.807) is 12.1 Å². The molecule has 0 N–H and O–H groups in total. The molecule has 0 bridgehead atoms. The smallest absolute Gasteiger partial charge is 0.236 e. The van der Waals surface area contributed by atoms with E-state index in [0.717, 1.165) is 63.8 Å². The maximum absolute atomic E-state index is 13.3. The first-order valence-electron chi connectivity index (χ1n) is 10.1. The lowest BCUT2D eigenvalue weighted by Crippen LogP contribution is -2.57. The third-order valence-electron chi connectivity index (χ3n) is 6.49. The zero-order valence-electron chi connectivity index (χ0n) is 15.8. The minimum atomic E-state index is -0.471. The van der Waals surface area contributed by atoms with Crippen molar-refractivity contribution in [3.8, 4) is 0 Å². The molecule has 1 aromatic carbocycles. The minimum absolute atomic E-state index is 0.172. The van der Waals surface area contributed by atoms with E-state index in [1.165, 1.54) is 12.1 Å². The standard InChI is InChI=1S/C21H28FN3O2/c22-18-6-4-17(5-7-18)21(8-3-9-21)20(27)25-14-12-23(13-15-25)16-19(26)24-10-1-2-11-24/h4-7H,1-3,8-16H2. The Morgan fingerprint density at radius 1 is 0.852 bits per heavy atom. The van der Waals surface area contributed by atoms with Crippen molar-refractivity contribution in [2.75, 3.05) is 45.8 Å². The summed E-state index contributed by atoms with van der Waals surface area (Å²) in [6, 6.07) is 6.42. The van der Waals surface area contributed by atoms with E-state index in [2.05, 4.69) is 4.90 Å². The lowest BCUT2D eigenvalue weighted by atomic mass is 9.63. The van der Waals surface area contributed by atoms with Gasteiger partial charge in [0.05, 0.1) is 12.0 Å². The summed E-state index contributed by atoms with van der Waals surface area (Å²) >= 11 is 0. The van der Waals surface area contributed by atoms with Gasteiger partial charge in [0.1, 0.15) is 5.82 Å². The molecule has 3 aliphatic rings. The Morgan fingerprint density at radius 3 is 2.04 bits per heavy atom. The van der Waals surface area contributed by atoms with Crippen molar-refractivity contribution in [2.45, 2.75) is 37.5 Å². The van der Waals surface area contributed by atoms with Crippen LogP contribution in [0.4, 0.5) is 4.39 Å². The first kappa shape index (κ1) is 18.4. The summed E-state index contributed by atoms with van der Waals surface area (Å²) in [6.45, 7) is 5.04. The molecule has 146 valence electrons. The summed E-state index contributed by atoms with van der Waals surface area (Å²) in [6.07, 6.45) is 4.93. The summed E-state index contributed by atoms with van der Waals surface area (Å²) < 4.78 is 13.3. The van der Waals surface area contributed by atoms with Crippen LogP contribution in [0.1, 0.15) is 37.7 Å². The Kier molecular flexibility index (Phi) is 5.17. The van der Waals surface area contributed by atoms with Gasteiger partial charge in [0, 0.05) is 39.3 Å². The Labute approximate surface area is 160 Å². The van der Waals surface area contributed by atoms with E-state index in [1.807, 2.05) is 9.80 Å². The van der Waals surface area contributed by atoms with Gasteiger partial charge in [-0.3, -0.25) is 14.5 Å². The number of rotatable bonds is 4. The highest BCUT2D eigenvalue weighted by atomic mass is 19.1. The molecule has 2 aliphatic heterocycles. The third kappa shape index (κ3) is 3.59. The van der Waals surface area contributed by atoms with Gasteiger partial charge in [-0.25, -0.2) is 4.39 Å². The van der Waals surface area contributed by atoms with Crippen LogP contribution in [0.15, 0.2) is 24.3 Å². The molecule has 1 aliphatic carbocycles. The van der Waals surface area contributed by atoms with Crippen LogP contribution in [0.5, 0.6) is 0 Å². The van der Waals surface area contributed by atoms with E-state index in [-0.39, 0.29) is 17.6 Å². The van der Waals surface area contributed by atoms with Crippen LogP contribution in [0.2, 0.25) is 0 Å². The monoisotopic (exact) mass is 373 g/mol. The van der Waals surface area contributed by atoms with E-state index in [4.69, 9.17) is 0 Å². The van der Waals surface area contributed by atoms with Gasteiger partial charge in [-0.2, -0.15) is 0 Å². The lowest BCUT2D eigenvalue weighted by Gasteiger charge is -2.46. The van der Waals surface area contributed by atoms with Crippen LogP contribution < -0.4 is 0 Å². The summed E-state index contributed by atoms with van der Waals surface area (Å²) in [5.41, 5.74) is 0.466. The molecule has 1 aromatic rings. The quantitative estimate of drug-likeness (QED) is 0.811. The maximum atomic E-state index is 13.3. The van der Waals surface area contributed by atoms with E-state index in [9.17, 15) is 14.0 Å². The van der Waals surface area contributed by atoms with Gasteiger partial charge < -0.3 is 9.80 Å². The molecule has 3 fully saturated rings. The van der Waals surface area contributed by atoms with Crippen LogP contribution in [-0.2, 0) is 15.0 Å². The van der Waals surface area contributed by atoms with Gasteiger partial charge in [-0.1, -0.05) is 18.6 Å². The Hall–Kier alpha value is -1.95. The molecule has 0 unspecified atom stereocenters. The second-order valence-corrected chi connectivity index (χ2v) is 8.10. The Morgan fingerprint density at radius 2 is 1.48 bits per heavy atom. The summed E-state index contributed by atoms with van der Waals surface area (Å²) in [5, 5.41) is 0. The fourth-order valence-corrected chi connectivity index (χ4v) is 4.59. The first-order chi connectivity index (χ1) is 13.1. The van der Waals surface area contributed by atoms with Crippen LogP contribution in [0, 0.1) is 5.82 Å². The molecule has 2 heterocycles. The van der Waals surface area contributed by atoms with Gasteiger partial charge in [0.15, 0.2) is 0 Å². The summed E-state index contributed by atoms with van der Waals surface area (Å²) in [5.74, 6) is 0.122. The number of amides is 2. The molecule has 2 saturated heterocycles. The molecule has 0 aromatic heterocycles. The molecule has 5 nitrogen and oxygen atoms in total. The Balaban J connectivity index is 1.35. The van der Waals surface area contributed by atoms with Gasteiger partial charge in [-0.15, -0.1) is 0 Å². The molecule has 0 atom stereocenters. The topological polar surface area (TPSA) is 43.9 Å². The summed E-state index contributed by atoms with van der Waals surface area (Å²) in [4.78, 5) is 31.7. The van der Waals surface area contributed by atoms with E-state index < -0.39 is 5.41 Å². The Bertz CT molecular complexity index is 688. The number of nitrogens with zero attached hydrogens (tertiary/aromatic N) is 3. The highest BCUT2D eigenvalue weighted by Gasteiger charge is 2.48. The van der Waals surface area contributed by atoms with Gasteiger partial charge in [-0.05, 0) is 43.4 Å². The lowest BCUT2D eigenvalue weighted by molar-refractivity contribution is -0.143. The van der Waals surface area contributed by atoms with Gasteiger partial charge in [0.2, 0.25) is 11.8 Å². The van der Waals surface area contributed by atoms with Crippen molar-refractivity contribution in [3.05, 3.63) is 35.6 Å². The normalized spacial score (nSPS) is 22.6. The SMILES string of the molecule is O=C(CN1CCN(C(=O)C2(c3ccc(F)cc3)CCC2)CC1)N1CCCC1. The van der Waals surface area contributed by atoms with Gasteiger partial charge in [0.25, 0.3) is 0 Å². The number of piperazine rings is 1. The number of benzene rings is 1. The van der Waals surface area contributed by atoms with Crippen LogP contribution >= 0.6 is 0 Å². The average Bonchev–Trinajstić information content (AvgIpc) is 3.18. The van der Waals surface area contributed by atoms with Crippen LogP contribution in [0.25, 0.3) is 0 Å². The van der Waals surface area contributed by atoms with E-state index in [0.29, 0.717) is 19.6 Å². The number of carbonyl (C=O) groups excluding carboxylic acids is 2. The largest absolute Gasteiger partial charge is 0.342 e. The molecular weight excluding hydrogens is 345 g/mol. The van der Waals surface area contributed by atoms with Crippen molar-refractivity contribution < 1.29 is 14.0 Å². The maximum Gasteiger partial charge on any atom is 0.236 e. The number of carbonyl (C=O) groups is 2. The molecule has 6 heteroatoms. The molecule has 1 saturated carbocycles. The fourth-order valence-electron chi connectivity index (χ4n) is 4.59. The predicted octanol–water partition coefficient (Wildman–Crippen LogP) is 2.01. The third-order valence-corrected chi connectivity index (χ3v) is 6.49. The number of hydrogen-bond donors (Lipinski definition) is 0. The van der Waals surface area contributed by atoms with Crippen molar-refractivity contribution in [1.82, 2.24) is 14.7 Å². The molecule has 4 rings (SSSR count). The molecule has 0 radical (unpaired) electrons. The fraction of sp³-hybridized carbons (Fsp3) is 0.619. The van der Waals surface area contributed by atoms with Crippen molar-refractivity contribution >= 4 is 11.8 Å². The van der Waals surface area contributed by atoms with Crippen molar-refractivity contribution in [2.24, 2.45) is 0 Å². The van der Waals surface area contributed by atoms with Crippen molar-refractivity contribution in [1.29, 1.82) is 0 Å². The zero-order valence-corrected chi connectivity index (χ0v) is 15.8. The highest BCUT2D eigenvalue weighted by molar-refractivity contribution is 5.89. The minimum Gasteiger partial charge on any atom is -0.342 e. The van der Waals surface area contributed by atoms with Crippen LogP contribution in [-0.4, -0.2) is 72.3 Å². The van der Waals surface area contributed by atoms with E-state index >= 15 is 0 Å². The predicted molar refractivity (Wildman–Crippen MR) is 101 cm³/mol. The second kappa shape index (κ2) is 7.58. The van der Waals surface area contributed by atoms with Gasteiger partial charge >= 0.3 is 0 Å². The van der Waals surface area contributed by atoms with Crippen LogP contribution in [0.3, 0.4) is 0 Å². The average molecular weight is 373 g/mol. The van der Waals surface area contributed by atoms with Crippen molar-refractivity contribution in [3.63, 3.8) is 0 Å². The zero-order chi connectivity index (χ0) is 18.9. The first-order valence-corrected chi connectivity index (χ1v) is 10.1. The molecular formula is C21H28FN3O2.